The number of nitrogens with zero attached hydrogens (tertiary/aromatic N) is 5. The molecule has 1 N–H and O–H groups in total. The van der Waals surface area contributed by atoms with Crippen molar-refractivity contribution in [2.45, 2.75) is 44.2 Å². The predicted molar refractivity (Wildman–Crippen MR) is 68.6 cm³/mol. The molecule has 2 aliphatic rings. The van der Waals surface area contributed by atoms with Gasteiger partial charge in [-0.25, -0.2) is 14.5 Å². The number of aromatic carboxylic acids is 1. The van der Waals surface area contributed by atoms with Crippen molar-refractivity contribution in [1.82, 2.24) is 24.5 Å². The summed E-state index contributed by atoms with van der Waals surface area (Å²) in [5.74, 6) is -0.692. The van der Waals surface area contributed by atoms with Gasteiger partial charge in [-0.15, -0.1) is 5.10 Å². The van der Waals surface area contributed by atoms with Crippen molar-refractivity contribution in [3.8, 4) is 0 Å². The van der Waals surface area contributed by atoms with E-state index in [1.807, 2.05) is 12.5 Å². The first-order chi connectivity index (χ1) is 9.74. The quantitative estimate of drug-likeness (QED) is 0.890. The zero-order valence-corrected chi connectivity index (χ0v) is 10.9. The first-order valence-corrected chi connectivity index (χ1v) is 6.91. The van der Waals surface area contributed by atoms with Crippen LogP contribution in [0.1, 0.15) is 59.5 Å². The highest BCUT2D eigenvalue weighted by molar-refractivity contribution is 5.86. The number of rotatable bonds is 5. The van der Waals surface area contributed by atoms with Crippen molar-refractivity contribution in [2.24, 2.45) is 0 Å². The molecule has 104 valence electrons. The molecular formula is C13H15N5O2. The van der Waals surface area contributed by atoms with E-state index >= 15 is 0 Å². The molecule has 0 radical (unpaired) electrons. The van der Waals surface area contributed by atoms with E-state index in [1.165, 1.54) is 12.8 Å². The maximum absolute atomic E-state index is 11.2. The monoisotopic (exact) mass is 273 g/mol. The van der Waals surface area contributed by atoms with Gasteiger partial charge in [0, 0.05) is 12.0 Å². The molecule has 2 heterocycles. The first kappa shape index (κ1) is 11.6. The number of carboxylic acid groups (broad SMARTS) is 1. The van der Waals surface area contributed by atoms with E-state index in [0.717, 1.165) is 24.2 Å². The number of imidazole rings is 1. The van der Waals surface area contributed by atoms with Crippen LogP contribution in [-0.2, 0) is 6.54 Å². The Labute approximate surface area is 115 Å². The molecule has 0 spiro atoms. The third kappa shape index (κ3) is 1.90. The average molecular weight is 273 g/mol. The molecular weight excluding hydrogens is 258 g/mol. The Kier molecular flexibility index (Phi) is 2.42. The fourth-order valence-corrected chi connectivity index (χ4v) is 2.64. The molecule has 0 bridgehead atoms. The summed E-state index contributed by atoms with van der Waals surface area (Å²) in [7, 11) is 0. The Morgan fingerprint density at radius 2 is 2.15 bits per heavy atom. The fourth-order valence-electron chi connectivity index (χ4n) is 2.64. The Morgan fingerprint density at radius 3 is 2.80 bits per heavy atom. The summed E-state index contributed by atoms with van der Waals surface area (Å²) in [6.07, 6.45) is 8.11. The van der Waals surface area contributed by atoms with Gasteiger partial charge in [-0.1, -0.05) is 5.21 Å². The molecule has 0 aliphatic heterocycles. The van der Waals surface area contributed by atoms with E-state index in [-0.39, 0.29) is 5.69 Å². The summed E-state index contributed by atoms with van der Waals surface area (Å²) in [6.45, 7) is 0.544. The van der Waals surface area contributed by atoms with Gasteiger partial charge in [0.05, 0.1) is 30.5 Å². The minimum atomic E-state index is -0.992. The molecule has 0 saturated heterocycles. The van der Waals surface area contributed by atoms with Gasteiger partial charge >= 0.3 is 5.97 Å². The Hall–Kier alpha value is -2.18. The lowest BCUT2D eigenvalue weighted by Gasteiger charge is -2.08. The second-order valence-corrected chi connectivity index (χ2v) is 5.58. The summed E-state index contributed by atoms with van der Waals surface area (Å²) >= 11 is 0. The SMILES string of the molecule is O=C(O)c1nnn(Cc2cncn2C2CC2)c1C1CC1. The molecule has 2 saturated carbocycles. The van der Waals surface area contributed by atoms with Crippen molar-refractivity contribution in [2.75, 3.05) is 0 Å². The van der Waals surface area contributed by atoms with E-state index in [9.17, 15) is 9.90 Å². The standard InChI is InChI=1S/C13H15N5O2/c19-13(20)11-12(8-1-2-8)18(16-15-11)6-10-5-14-7-17(10)9-3-4-9/h5,7-9H,1-4,6H2,(H,19,20). The molecule has 0 amide bonds. The Morgan fingerprint density at radius 1 is 1.35 bits per heavy atom. The van der Waals surface area contributed by atoms with Crippen LogP contribution in [0.3, 0.4) is 0 Å². The van der Waals surface area contributed by atoms with Gasteiger partial charge in [0.15, 0.2) is 5.69 Å². The van der Waals surface area contributed by atoms with Gasteiger partial charge < -0.3 is 9.67 Å². The summed E-state index contributed by atoms with van der Waals surface area (Å²) in [6, 6.07) is 0.555. The zero-order valence-electron chi connectivity index (χ0n) is 10.9. The van der Waals surface area contributed by atoms with Crippen LogP contribution in [0.4, 0.5) is 0 Å². The van der Waals surface area contributed by atoms with E-state index in [2.05, 4.69) is 19.9 Å². The molecule has 4 rings (SSSR count). The van der Waals surface area contributed by atoms with Crippen molar-refractivity contribution >= 4 is 5.97 Å². The maximum Gasteiger partial charge on any atom is 0.358 e. The summed E-state index contributed by atoms with van der Waals surface area (Å²) < 4.78 is 3.90. The van der Waals surface area contributed by atoms with Crippen LogP contribution in [0.25, 0.3) is 0 Å². The van der Waals surface area contributed by atoms with Crippen molar-refractivity contribution in [3.05, 3.63) is 29.6 Å². The summed E-state index contributed by atoms with van der Waals surface area (Å²) in [5.41, 5.74) is 1.93. The molecule has 2 fully saturated rings. The van der Waals surface area contributed by atoms with Crippen LogP contribution < -0.4 is 0 Å². The van der Waals surface area contributed by atoms with Crippen LogP contribution in [0.5, 0.6) is 0 Å². The normalized spacial score (nSPS) is 18.4. The average Bonchev–Trinajstić information content (AvgIpc) is 3.35. The molecule has 7 nitrogen and oxygen atoms in total. The van der Waals surface area contributed by atoms with Gasteiger partial charge in [-0.3, -0.25) is 0 Å². The lowest BCUT2D eigenvalue weighted by molar-refractivity contribution is 0.0689. The topological polar surface area (TPSA) is 85.8 Å². The van der Waals surface area contributed by atoms with Gasteiger partial charge in [0.1, 0.15) is 0 Å². The van der Waals surface area contributed by atoms with Crippen LogP contribution >= 0.6 is 0 Å². The Balaban J connectivity index is 1.68. The van der Waals surface area contributed by atoms with Gasteiger partial charge in [0.2, 0.25) is 0 Å². The second-order valence-electron chi connectivity index (χ2n) is 5.58. The third-order valence-corrected chi connectivity index (χ3v) is 3.94. The minimum absolute atomic E-state index is 0.102. The first-order valence-electron chi connectivity index (χ1n) is 6.91. The highest BCUT2D eigenvalue weighted by Gasteiger charge is 2.34. The van der Waals surface area contributed by atoms with Crippen molar-refractivity contribution in [1.29, 1.82) is 0 Å². The third-order valence-electron chi connectivity index (χ3n) is 3.94. The van der Waals surface area contributed by atoms with E-state index in [0.29, 0.717) is 18.5 Å². The van der Waals surface area contributed by atoms with Crippen molar-refractivity contribution in [3.63, 3.8) is 0 Å². The Bertz CT molecular complexity index is 666. The van der Waals surface area contributed by atoms with E-state index in [4.69, 9.17) is 0 Å². The summed E-state index contributed by atoms with van der Waals surface area (Å²) in [5, 5.41) is 17.1. The van der Waals surface area contributed by atoms with E-state index in [1.54, 1.807) is 4.68 Å². The van der Waals surface area contributed by atoms with E-state index < -0.39 is 5.97 Å². The van der Waals surface area contributed by atoms with Crippen LogP contribution in [0, 0.1) is 0 Å². The molecule has 2 aromatic rings. The number of carboxylic acids is 1. The van der Waals surface area contributed by atoms with Crippen LogP contribution in [0.15, 0.2) is 12.5 Å². The maximum atomic E-state index is 11.2. The molecule has 2 aromatic heterocycles. The molecule has 0 aromatic carbocycles. The highest BCUT2D eigenvalue weighted by Crippen LogP contribution is 2.41. The van der Waals surface area contributed by atoms with Crippen LogP contribution in [-0.4, -0.2) is 35.6 Å². The lowest BCUT2D eigenvalue weighted by Crippen LogP contribution is -2.11. The number of carbonyl (C=O) groups is 1. The van der Waals surface area contributed by atoms with Gasteiger partial charge in [-0.05, 0) is 25.7 Å². The number of hydrogen-bond acceptors (Lipinski definition) is 4. The lowest BCUT2D eigenvalue weighted by atomic mass is 10.2. The molecule has 20 heavy (non-hydrogen) atoms. The van der Waals surface area contributed by atoms with Gasteiger partial charge in [0.25, 0.3) is 0 Å². The zero-order chi connectivity index (χ0) is 13.7. The number of aromatic nitrogens is 5. The molecule has 7 heteroatoms. The fraction of sp³-hybridized carbons (Fsp3) is 0.538. The van der Waals surface area contributed by atoms with Crippen LogP contribution in [0.2, 0.25) is 0 Å². The van der Waals surface area contributed by atoms with Crippen molar-refractivity contribution < 1.29 is 9.90 Å². The number of hydrogen-bond donors (Lipinski definition) is 1. The highest BCUT2D eigenvalue weighted by atomic mass is 16.4. The molecule has 2 aliphatic carbocycles. The molecule has 0 unspecified atom stereocenters. The van der Waals surface area contributed by atoms with Gasteiger partial charge in [-0.2, -0.15) is 0 Å². The molecule has 0 atom stereocenters. The largest absolute Gasteiger partial charge is 0.476 e. The smallest absolute Gasteiger partial charge is 0.358 e. The second kappa shape index (κ2) is 4.16. The minimum Gasteiger partial charge on any atom is -0.476 e. The predicted octanol–water partition coefficient (Wildman–Crippen LogP) is 1.43. The summed E-state index contributed by atoms with van der Waals surface area (Å²) in [4.78, 5) is 15.4.